The fourth-order valence-corrected chi connectivity index (χ4v) is 0.438. The molecular formula is C5H9NO5. The van der Waals surface area contributed by atoms with Gasteiger partial charge in [0.05, 0.1) is 0 Å². The van der Waals surface area contributed by atoms with Crippen LogP contribution in [0.3, 0.4) is 0 Å². The van der Waals surface area contributed by atoms with Crippen LogP contribution >= 0.6 is 0 Å². The van der Waals surface area contributed by atoms with Crippen LogP contribution in [-0.2, 0) is 14.3 Å². The molecule has 0 radical (unpaired) electrons. The first-order valence-corrected chi connectivity index (χ1v) is 2.83. The third-order valence-corrected chi connectivity index (χ3v) is 0.985. The van der Waals surface area contributed by atoms with Gasteiger partial charge in [-0.15, -0.1) is 0 Å². The van der Waals surface area contributed by atoms with Gasteiger partial charge < -0.3 is 20.7 Å². The minimum Gasteiger partial charge on any atom is -0.480 e. The summed E-state index contributed by atoms with van der Waals surface area (Å²) in [6.45, 7) is 0.0270. The van der Waals surface area contributed by atoms with Gasteiger partial charge in [0.2, 0.25) is 6.29 Å². The van der Waals surface area contributed by atoms with Crippen LogP contribution in [0.2, 0.25) is 0 Å². The number of aliphatic hydroxyl groups excluding tert-OH is 1. The van der Waals surface area contributed by atoms with Crippen molar-refractivity contribution in [2.75, 3.05) is 0 Å². The molecule has 0 aliphatic rings. The second-order valence-corrected chi connectivity index (χ2v) is 1.87. The van der Waals surface area contributed by atoms with Gasteiger partial charge in [0.15, 0.2) is 0 Å². The summed E-state index contributed by atoms with van der Waals surface area (Å²) in [6, 6.07) is -1.22. The van der Waals surface area contributed by atoms with Gasteiger partial charge in [-0.25, -0.2) is 0 Å². The van der Waals surface area contributed by atoms with Crippen molar-refractivity contribution in [3.05, 3.63) is 0 Å². The molecular weight excluding hydrogens is 154 g/mol. The number of ether oxygens (including phenoxy) is 1. The number of hydrogen-bond acceptors (Lipinski definition) is 5. The van der Waals surface area contributed by atoms with Gasteiger partial charge in [-0.1, -0.05) is 0 Å². The monoisotopic (exact) mass is 163 g/mol. The molecule has 0 fully saturated rings. The van der Waals surface area contributed by atoms with E-state index in [1.165, 1.54) is 0 Å². The molecule has 0 aromatic carbocycles. The van der Waals surface area contributed by atoms with E-state index in [-0.39, 0.29) is 12.9 Å². The maximum atomic E-state index is 10.1. The number of aliphatic carboxylic acids is 1. The predicted molar refractivity (Wildman–Crippen MR) is 33.4 cm³/mol. The van der Waals surface area contributed by atoms with E-state index in [0.29, 0.717) is 0 Å². The Morgan fingerprint density at radius 2 is 2.27 bits per heavy atom. The second-order valence-electron chi connectivity index (χ2n) is 1.87. The molecule has 0 heterocycles. The van der Waals surface area contributed by atoms with E-state index >= 15 is 0 Å². The van der Waals surface area contributed by atoms with Crippen LogP contribution in [0, 0.1) is 0 Å². The highest BCUT2D eigenvalue weighted by Gasteiger charge is 2.16. The zero-order valence-electron chi connectivity index (χ0n) is 5.64. The average molecular weight is 163 g/mol. The fraction of sp³-hybridized carbons (Fsp3) is 0.600. The lowest BCUT2D eigenvalue weighted by Gasteiger charge is -2.10. The lowest BCUT2D eigenvalue weighted by atomic mass is 10.2. The smallest absolute Gasteiger partial charge is 0.320 e. The van der Waals surface area contributed by atoms with Gasteiger partial charge in [-0.3, -0.25) is 9.59 Å². The van der Waals surface area contributed by atoms with Crippen molar-refractivity contribution in [1.82, 2.24) is 0 Å². The SMILES string of the molecule is N[C@H](CC(O)OC=O)C(=O)O. The van der Waals surface area contributed by atoms with Gasteiger partial charge in [0.25, 0.3) is 6.47 Å². The molecule has 2 atom stereocenters. The first-order valence-electron chi connectivity index (χ1n) is 2.83. The standard InChI is InChI=1S/C5H9NO5/c6-3(5(9)10)1-4(8)11-2-7/h2-4,8H,1,6H2,(H,9,10)/t3-,4?/m1/s1. The second kappa shape index (κ2) is 4.64. The molecule has 0 rings (SSSR count). The molecule has 0 amide bonds. The Hall–Kier alpha value is -1.14. The Morgan fingerprint density at radius 1 is 1.73 bits per heavy atom. The molecule has 0 aliphatic carbocycles. The van der Waals surface area contributed by atoms with E-state index in [1.807, 2.05) is 0 Å². The average Bonchev–Trinajstić information content (AvgIpc) is 1.87. The Morgan fingerprint density at radius 3 is 2.64 bits per heavy atom. The molecule has 0 saturated carbocycles. The number of hydrogen-bond donors (Lipinski definition) is 3. The summed E-state index contributed by atoms with van der Waals surface area (Å²) in [5, 5.41) is 16.9. The highest BCUT2D eigenvalue weighted by molar-refractivity contribution is 5.73. The minimum absolute atomic E-state index is 0.0270. The van der Waals surface area contributed by atoms with Gasteiger partial charge in [0, 0.05) is 6.42 Å². The summed E-state index contributed by atoms with van der Waals surface area (Å²) >= 11 is 0. The molecule has 0 bridgehead atoms. The molecule has 4 N–H and O–H groups in total. The lowest BCUT2D eigenvalue weighted by Crippen LogP contribution is -2.34. The largest absolute Gasteiger partial charge is 0.480 e. The van der Waals surface area contributed by atoms with Gasteiger partial charge in [-0.2, -0.15) is 0 Å². The van der Waals surface area contributed by atoms with Crippen molar-refractivity contribution in [1.29, 1.82) is 0 Å². The first-order chi connectivity index (χ1) is 5.07. The lowest BCUT2D eigenvalue weighted by molar-refractivity contribution is -0.157. The van der Waals surface area contributed by atoms with Crippen molar-refractivity contribution in [2.24, 2.45) is 5.73 Å². The maximum Gasteiger partial charge on any atom is 0.320 e. The quantitative estimate of drug-likeness (QED) is 0.328. The van der Waals surface area contributed by atoms with E-state index in [0.717, 1.165) is 0 Å². The van der Waals surface area contributed by atoms with Gasteiger partial charge in [0.1, 0.15) is 6.04 Å². The summed E-state index contributed by atoms with van der Waals surface area (Å²) in [7, 11) is 0. The zero-order chi connectivity index (χ0) is 8.85. The van der Waals surface area contributed by atoms with Crippen LogP contribution in [0.1, 0.15) is 6.42 Å². The van der Waals surface area contributed by atoms with E-state index in [4.69, 9.17) is 15.9 Å². The van der Waals surface area contributed by atoms with Crippen LogP contribution in [-0.4, -0.2) is 35.0 Å². The van der Waals surface area contributed by atoms with Crippen LogP contribution in [0.25, 0.3) is 0 Å². The third kappa shape index (κ3) is 4.29. The van der Waals surface area contributed by atoms with Crippen LogP contribution in [0.5, 0.6) is 0 Å². The van der Waals surface area contributed by atoms with Crippen molar-refractivity contribution < 1.29 is 24.5 Å². The van der Waals surface area contributed by atoms with Gasteiger partial charge in [-0.05, 0) is 0 Å². The molecule has 11 heavy (non-hydrogen) atoms. The van der Waals surface area contributed by atoms with Crippen molar-refractivity contribution in [3.8, 4) is 0 Å². The van der Waals surface area contributed by atoms with E-state index in [9.17, 15) is 9.59 Å². The summed E-state index contributed by atoms with van der Waals surface area (Å²) in [5.74, 6) is -1.25. The van der Waals surface area contributed by atoms with Crippen LogP contribution < -0.4 is 5.73 Å². The summed E-state index contributed by atoms with van der Waals surface area (Å²) in [4.78, 5) is 19.7. The zero-order valence-corrected chi connectivity index (χ0v) is 5.64. The van der Waals surface area contributed by atoms with Crippen molar-refractivity contribution >= 4 is 12.4 Å². The molecule has 0 aromatic heterocycles. The maximum absolute atomic E-state index is 10.1. The number of nitrogens with two attached hydrogens (primary N) is 1. The molecule has 6 heteroatoms. The third-order valence-electron chi connectivity index (χ3n) is 0.985. The predicted octanol–water partition coefficient (Wildman–Crippen LogP) is -1.72. The van der Waals surface area contributed by atoms with Gasteiger partial charge >= 0.3 is 5.97 Å². The number of carboxylic acid groups (broad SMARTS) is 1. The van der Waals surface area contributed by atoms with Crippen LogP contribution in [0.15, 0.2) is 0 Å². The molecule has 0 spiro atoms. The Kier molecular flexibility index (Phi) is 4.16. The Balaban J connectivity index is 3.64. The molecule has 1 unspecified atom stereocenters. The van der Waals surface area contributed by atoms with E-state index in [1.54, 1.807) is 0 Å². The number of carboxylic acids is 1. The Labute approximate surface area is 62.6 Å². The van der Waals surface area contributed by atoms with Crippen molar-refractivity contribution in [2.45, 2.75) is 18.8 Å². The summed E-state index contributed by atoms with van der Waals surface area (Å²) in [5.41, 5.74) is 4.99. The fourth-order valence-electron chi connectivity index (χ4n) is 0.438. The molecule has 0 saturated heterocycles. The van der Waals surface area contributed by atoms with Crippen LogP contribution in [0.4, 0.5) is 0 Å². The van der Waals surface area contributed by atoms with Crippen molar-refractivity contribution in [3.63, 3.8) is 0 Å². The summed E-state index contributed by atoms with van der Waals surface area (Å²) < 4.78 is 3.99. The summed E-state index contributed by atoms with van der Waals surface area (Å²) in [6.07, 6.45) is -1.76. The molecule has 0 aliphatic heterocycles. The first kappa shape index (κ1) is 9.86. The highest BCUT2D eigenvalue weighted by atomic mass is 16.6. The number of carbonyl (C=O) groups excluding carboxylic acids is 1. The van der Waals surface area contributed by atoms with E-state index < -0.39 is 18.3 Å². The minimum atomic E-state index is -1.45. The number of aliphatic hydroxyl groups is 1. The highest BCUT2D eigenvalue weighted by Crippen LogP contribution is 1.96. The van der Waals surface area contributed by atoms with E-state index in [2.05, 4.69) is 4.74 Å². The molecule has 0 aromatic rings. The topological polar surface area (TPSA) is 110 Å². The molecule has 64 valence electrons. The number of rotatable bonds is 5. The molecule has 6 nitrogen and oxygen atoms in total. The Bertz CT molecular complexity index is 148. The normalized spacial score (nSPS) is 15.1. The number of carbonyl (C=O) groups is 2.